The van der Waals surface area contributed by atoms with Crippen molar-refractivity contribution < 1.29 is 4.74 Å². The highest BCUT2D eigenvalue weighted by atomic mass is 16.5. The van der Waals surface area contributed by atoms with E-state index in [1.165, 1.54) is 44.9 Å². The van der Waals surface area contributed by atoms with E-state index in [2.05, 4.69) is 26.1 Å². The maximum absolute atomic E-state index is 5.77. The molecule has 3 unspecified atom stereocenters. The molecule has 2 nitrogen and oxygen atoms in total. The minimum Gasteiger partial charge on any atom is -0.378 e. The van der Waals surface area contributed by atoms with Gasteiger partial charge in [-0.2, -0.15) is 0 Å². The van der Waals surface area contributed by atoms with E-state index in [0.29, 0.717) is 18.2 Å². The van der Waals surface area contributed by atoms with Crippen LogP contribution in [-0.2, 0) is 4.74 Å². The van der Waals surface area contributed by atoms with Crippen LogP contribution in [0.5, 0.6) is 0 Å². The van der Waals surface area contributed by atoms with Crippen LogP contribution in [0.1, 0.15) is 65.7 Å². The Kier molecular flexibility index (Phi) is 7.06. The third-order valence-corrected chi connectivity index (χ3v) is 3.49. The highest BCUT2D eigenvalue weighted by molar-refractivity contribution is 4.79. The van der Waals surface area contributed by atoms with E-state index in [0.717, 1.165) is 6.61 Å². The van der Waals surface area contributed by atoms with Crippen LogP contribution in [0.15, 0.2) is 0 Å². The van der Waals surface area contributed by atoms with Crippen molar-refractivity contribution in [3.05, 3.63) is 0 Å². The Morgan fingerprint density at radius 2 is 2.12 bits per heavy atom. The van der Waals surface area contributed by atoms with Crippen molar-refractivity contribution in [2.45, 2.75) is 83.9 Å². The smallest absolute Gasteiger partial charge is 0.0589 e. The molecule has 0 aliphatic carbocycles. The summed E-state index contributed by atoms with van der Waals surface area (Å²) in [5.74, 6) is 0. The van der Waals surface area contributed by atoms with Crippen molar-refractivity contribution >= 4 is 0 Å². The summed E-state index contributed by atoms with van der Waals surface area (Å²) in [4.78, 5) is 0. The molecule has 0 aromatic rings. The number of nitrogens with one attached hydrogen (secondary N) is 1. The van der Waals surface area contributed by atoms with E-state index in [1.807, 2.05) is 0 Å². The summed E-state index contributed by atoms with van der Waals surface area (Å²) in [7, 11) is 0. The van der Waals surface area contributed by atoms with Gasteiger partial charge in [-0.15, -0.1) is 0 Å². The number of ether oxygens (including phenoxy) is 1. The molecule has 0 bridgehead atoms. The third-order valence-electron chi connectivity index (χ3n) is 3.49. The first-order valence-corrected chi connectivity index (χ1v) is 7.13. The van der Waals surface area contributed by atoms with Crippen LogP contribution >= 0.6 is 0 Å². The number of unbranched alkanes of at least 4 members (excludes halogenated alkanes) is 1. The topological polar surface area (TPSA) is 21.3 Å². The largest absolute Gasteiger partial charge is 0.378 e. The van der Waals surface area contributed by atoms with Gasteiger partial charge in [0.15, 0.2) is 0 Å². The zero-order valence-corrected chi connectivity index (χ0v) is 11.3. The summed E-state index contributed by atoms with van der Waals surface area (Å²) in [6, 6.07) is 1.36. The summed E-state index contributed by atoms with van der Waals surface area (Å²) < 4.78 is 5.77. The zero-order valence-electron chi connectivity index (χ0n) is 11.3. The Morgan fingerprint density at radius 3 is 2.81 bits per heavy atom. The fourth-order valence-corrected chi connectivity index (χ4v) is 2.55. The normalized spacial score (nSPS) is 27.9. The average molecular weight is 227 g/mol. The Morgan fingerprint density at radius 1 is 1.31 bits per heavy atom. The second-order valence-corrected chi connectivity index (χ2v) is 5.21. The molecule has 96 valence electrons. The molecular formula is C14H29NO. The Balaban J connectivity index is 2.20. The Bertz CT molecular complexity index is 170. The lowest BCUT2D eigenvalue weighted by molar-refractivity contribution is -0.00484. The molecule has 1 aliphatic rings. The van der Waals surface area contributed by atoms with Crippen LogP contribution < -0.4 is 5.32 Å². The van der Waals surface area contributed by atoms with Crippen molar-refractivity contribution in [3.63, 3.8) is 0 Å². The molecule has 3 atom stereocenters. The van der Waals surface area contributed by atoms with E-state index in [-0.39, 0.29) is 0 Å². The second kappa shape index (κ2) is 8.08. The number of hydrogen-bond acceptors (Lipinski definition) is 2. The molecular weight excluding hydrogens is 198 g/mol. The van der Waals surface area contributed by atoms with Crippen LogP contribution in [0.2, 0.25) is 0 Å². The van der Waals surface area contributed by atoms with Crippen LogP contribution in [0, 0.1) is 0 Å². The average Bonchev–Trinajstić information content (AvgIpc) is 2.27. The van der Waals surface area contributed by atoms with Crippen molar-refractivity contribution in [2.24, 2.45) is 0 Å². The Hall–Kier alpha value is -0.0800. The van der Waals surface area contributed by atoms with Gasteiger partial charge < -0.3 is 10.1 Å². The predicted octanol–water partition coefficient (Wildman–Crippen LogP) is 3.50. The van der Waals surface area contributed by atoms with Crippen molar-refractivity contribution in [1.82, 2.24) is 5.32 Å². The number of rotatable bonds is 7. The molecule has 2 heteroatoms. The van der Waals surface area contributed by atoms with Gasteiger partial charge in [-0.1, -0.05) is 33.1 Å². The molecule has 1 fully saturated rings. The Labute approximate surface area is 101 Å². The lowest BCUT2D eigenvalue weighted by Gasteiger charge is -2.32. The second-order valence-electron chi connectivity index (χ2n) is 5.21. The molecule has 0 amide bonds. The molecule has 1 aliphatic heterocycles. The third kappa shape index (κ3) is 5.31. The minimum absolute atomic E-state index is 0.509. The molecule has 0 radical (unpaired) electrons. The first-order chi connectivity index (χ1) is 7.76. The van der Waals surface area contributed by atoms with Gasteiger partial charge in [-0.3, -0.25) is 0 Å². The fraction of sp³-hybridized carbons (Fsp3) is 1.00. The standard InChI is InChI=1S/C14H29NO/c1-4-6-8-12(3)15-13-9-10-16-14(11-13)7-5-2/h12-15H,4-11H2,1-3H3. The molecule has 0 spiro atoms. The molecule has 1 N–H and O–H groups in total. The van der Waals surface area contributed by atoms with Crippen LogP contribution in [0.3, 0.4) is 0 Å². The monoisotopic (exact) mass is 227 g/mol. The summed E-state index contributed by atoms with van der Waals surface area (Å²) in [6.07, 6.45) is 9.33. The predicted molar refractivity (Wildman–Crippen MR) is 69.8 cm³/mol. The quantitative estimate of drug-likeness (QED) is 0.718. The van der Waals surface area contributed by atoms with Gasteiger partial charge in [0, 0.05) is 18.7 Å². The van der Waals surface area contributed by atoms with Gasteiger partial charge in [0.05, 0.1) is 6.10 Å². The highest BCUT2D eigenvalue weighted by Crippen LogP contribution is 2.18. The van der Waals surface area contributed by atoms with E-state index in [1.54, 1.807) is 0 Å². The summed E-state index contributed by atoms with van der Waals surface area (Å²) in [5.41, 5.74) is 0. The molecule has 1 saturated heterocycles. The molecule has 16 heavy (non-hydrogen) atoms. The fourth-order valence-electron chi connectivity index (χ4n) is 2.55. The van der Waals surface area contributed by atoms with Crippen LogP contribution in [0.25, 0.3) is 0 Å². The van der Waals surface area contributed by atoms with Gasteiger partial charge in [0.1, 0.15) is 0 Å². The van der Waals surface area contributed by atoms with Gasteiger partial charge in [0.25, 0.3) is 0 Å². The molecule has 0 aromatic carbocycles. The first kappa shape index (κ1) is 14.0. The van der Waals surface area contributed by atoms with Gasteiger partial charge in [-0.25, -0.2) is 0 Å². The molecule has 1 heterocycles. The number of hydrogen-bond donors (Lipinski definition) is 1. The summed E-state index contributed by atoms with van der Waals surface area (Å²) in [5, 5.41) is 3.76. The summed E-state index contributed by atoms with van der Waals surface area (Å²) >= 11 is 0. The van der Waals surface area contributed by atoms with E-state index in [9.17, 15) is 0 Å². The van der Waals surface area contributed by atoms with Crippen LogP contribution in [-0.4, -0.2) is 24.8 Å². The molecule has 1 rings (SSSR count). The van der Waals surface area contributed by atoms with Crippen molar-refractivity contribution in [1.29, 1.82) is 0 Å². The lowest BCUT2D eigenvalue weighted by Crippen LogP contribution is -2.43. The minimum atomic E-state index is 0.509. The van der Waals surface area contributed by atoms with Crippen molar-refractivity contribution in [3.8, 4) is 0 Å². The summed E-state index contributed by atoms with van der Waals surface area (Å²) in [6.45, 7) is 7.77. The molecule has 0 saturated carbocycles. The first-order valence-electron chi connectivity index (χ1n) is 7.13. The zero-order chi connectivity index (χ0) is 11.8. The van der Waals surface area contributed by atoms with E-state index < -0.39 is 0 Å². The van der Waals surface area contributed by atoms with Gasteiger partial charge >= 0.3 is 0 Å². The maximum atomic E-state index is 5.77. The van der Waals surface area contributed by atoms with E-state index in [4.69, 9.17) is 4.74 Å². The molecule has 0 aromatic heterocycles. The van der Waals surface area contributed by atoms with Gasteiger partial charge in [0.2, 0.25) is 0 Å². The SMILES string of the molecule is CCCCC(C)NC1CCOC(CCC)C1. The van der Waals surface area contributed by atoms with E-state index >= 15 is 0 Å². The maximum Gasteiger partial charge on any atom is 0.0589 e. The van der Waals surface area contributed by atoms with Crippen molar-refractivity contribution in [2.75, 3.05) is 6.61 Å². The van der Waals surface area contributed by atoms with Crippen LogP contribution in [0.4, 0.5) is 0 Å². The van der Waals surface area contributed by atoms with Gasteiger partial charge in [-0.05, 0) is 32.6 Å². The highest BCUT2D eigenvalue weighted by Gasteiger charge is 2.22. The lowest BCUT2D eigenvalue weighted by atomic mass is 9.99.